The lowest BCUT2D eigenvalue weighted by Gasteiger charge is -2.16. The lowest BCUT2D eigenvalue weighted by atomic mass is 10.1. The van der Waals surface area contributed by atoms with Gasteiger partial charge in [0.05, 0.1) is 6.54 Å². The Balaban J connectivity index is 1.93. The van der Waals surface area contributed by atoms with Gasteiger partial charge in [0.25, 0.3) is 5.91 Å². The Bertz CT molecular complexity index is 763. The van der Waals surface area contributed by atoms with Gasteiger partial charge in [-0.2, -0.15) is 0 Å². The summed E-state index contributed by atoms with van der Waals surface area (Å²) in [6.07, 6.45) is 0. The van der Waals surface area contributed by atoms with E-state index in [1.807, 2.05) is 32.0 Å². The van der Waals surface area contributed by atoms with Crippen LogP contribution in [0.15, 0.2) is 28.7 Å². The van der Waals surface area contributed by atoms with Crippen LogP contribution >= 0.6 is 0 Å². The number of aromatic carboxylic acids is 1. The number of hydrogen-bond acceptors (Lipinski definition) is 4. The molecule has 1 amide bonds. The second-order valence-corrected chi connectivity index (χ2v) is 5.77. The van der Waals surface area contributed by atoms with E-state index in [1.165, 1.54) is 11.0 Å². The molecule has 2 aromatic rings. The number of furan rings is 1. The fourth-order valence-corrected chi connectivity index (χ4v) is 2.21. The van der Waals surface area contributed by atoms with E-state index in [9.17, 15) is 9.59 Å². The highest BCUT2D eigenvalue weighted by Crippen LogP contribution is 2.18. The highest BCUT2D eigenvalue weighted by atomic mass is 16.5. The number of benzene rings is 1. The van der Waals surface area contributed by atoms with Gasteiger partial charge >= 0.3 is 5.97 Å². The molecule has 0 saturated carbocycles. The Labute approximate surface area is 140 Å². The van der Waals surface area contributed by atoms with Crippen molar-refractivity contribution < 1.29 is 23.8 Å². The zero-order valence-corrected chi connectivity index (χ0v) is 14.3. The van der Waals surface area contributed by atoms with Crippen LogP contribution in [0.2, 0.25) is 0 Å². The molecule has 6 nitrogen and oxygen atoms in total. The summed E-state index contributed by atoms with van der Waals surface area (Å²) < 4.78 is 10.9. The smallest absolute Gasteiger partial charge is 0.339 e. The Hall–Kier alpha value is -2.76. The SMILES string of the molecule is Cc1ccc(OCC(=O)N(C)Cc2cc(C(=O)O)c(C)o2)cc1C. The zero-order chi connectivity index (χ0) is 17.9. The maximum atomic E-state index is 12.1. The molecule has 0 atom stereocenters. The molecule has 24 heavy (non-hydrogen) atoms. The van der Waals surface area contributed by atoms with Crippen molar-refractivity contribution in [1.29, 1.82) is 0 Å². The molecule has 6 heteroatoms. The maximum absolute atomic E-state index is 12.1. The van der Waals surface area contributed by atoms with Crippen molar-refractivity contribution in [2.24, 2.45) is 0 Å². The van der Waals surface area contributed by atoms with Crippen molar-refractivity contribution in [3.63, 3.8) is 0 Å². The fraction of sp³-hybridized carbons (Fsp3) is 0.333. The molecule has 1 N–H and O–H groups in total. The highest BCUT2D eigenvalue weighted by Gasteiger charge is 2.17. The first-order valence-electron chi connectivity index (χ1n) is 7.54. The summed E-state index contributed by atoms with van der Waals surface area (Å²) in [5.74, 6) is 0.118. The van der Waals surface area contributed by atoms with Gasteiger partial charge in [-0.15, -0.1) is 0 Å². The molecular formula is C18H21NO5. The summed E-state index contributed by atoms with van der Waals surface area (Å²) in [5, 5.41) is 9.01. The Kier molecular flexibility index (Phi) is 5.28. The predicted octanol–water partition coefficient (Wildman–Crippen LogP) is 2.94. The third-order valence-corrected chi connectivity index (χ3v) is 3.86. The monoisotopic (exact) mass is 331 g/mol. The van der Waals surface area contributed by atoms with Gasteiger partial charge in [-0.05, 0) is 50.1 Å². The van der Waals surface area contributed by atoms with Crippen LogP contribution in [0.25, 0.3) is 0 Å². The molecule has 1 aromatic carbocycles. The molecule has 0 bridgehead atoms. The van der Waals surface area contributed by atoms with E-state index in [-0.39, 0.29) is 24.6 Å². The first-order chi connectivity index (χ1) is 11.3. The van der Waals surface area contributed by atoms with Gasteiger partial charge in [0.1, 0.15) is 22.8 Å². The van der Waals surface area contributed by atoms with Gasteiger partial charge in [0, 0.05) is 7.05 Å². The fourth-order valence-electron chi connectivity index (χ4n) is 2.21. The van der Waals surface area contributed by atoms with E-state index in [2.05, 4.69) is 0 Å². The van der Waals surface area contributed by atoms with Crippen molar-refractivity contribution in [2.75, 3.05) is 13.7 Å². The Morgan fingerprint density at radius 3 is 2.46 bits per heavy atom. The number of nitrogens with zero attached hydrogens (tertiary/aromatic N) is 1. The average Bonchev–Trinajstić information content (AvgIpc) is 2.88. The second kappa shape index (κ2) is 7.21. The minimum absolute atomic E-state index is 0.0928. The van der Waals surface area contributed by atoms with E-state index in [1.54, 1.807) is 14.0 Å². The van der Waals surface area contributed by atoms with Gasteiger partial charge in [0.15, 0.2) is 6.61 Å². The van der Waals surface area contributed by atoms with Crippen molar-refractivity contribution in [3.8, 4) is 5.75 Å². The lowest BCUT2D eigenvalue weighted by molar-refractivity contribution is -0.132. The van der Waals surface area contributed by atoms with Crippen LogP contribution in [0, 0.1) is 20.8 Å². The van der Waals surface area contributed by atoms with E-state index in [0.717, 1.165) is 11.1 Å². The van der Waals surface area contributed by atoms with E-state index >= 15 is 0 Å². The van der Waals surface area contributed by atoms with Crippen LogP contribution in [0.5, 0.6) is 5.75 Å². The van der Waals surface area contributed by atoms with Crippen molar-refractivity contribution in [1.82, 2.24) is 4.90 Å². The number of carboxylic acid groups (broad SMARTS) is 1. The number of ether oxygens (including phenoxy) is 1. The molecule has 0 aliphatic carbocycles. The standard InChI is InChI=1S/C18H21NO5/c1-11-5-6-14(7-12(11)2)23-10-17(20)19(4)9-15-8-16(18(21)22)13(3)24-15/h5-8H,9-10H2,1-4H3,(H,21,22). The molecular weight excluding hydrogens is 310 g/mol. The molecule has 1 heterocycles. The van der Waals surface area contributed by atoms with E-state index in [0.29, 0.717) is 17.3 Å². The van der Waals surface area contributed by atoms with Crippen molar-refractivity contribution >= 4 is 11.9 Å². The second-order valence-electron chi connectivity index (χ2n) is 5.77. The number of likely N-dealkylation sites (N-methyl/N-ethyl adjacent to an activating group) is 1. The first kappa shape index (κ1) is 17.6. The van der Waals surface area contributed by atoms with Gasteiger partial charge in [-0.25, -0.2) is 4.79 Å². The van der Waals surface area contributed by atoms with Crippen LogP contribution in [-0.2, 0) is 11.3 Å². The van der Waals surface area contributed by atoms with Crippen LogP contribution in [-0.4, -0.2) is 35.5 Å². The Morgan fingerprint density at radius 1 is 1.17 bits per heavy atom. The van der Waals surface area contributed by atoms with Crippen molar-refractivity contribution in [3.05, 3.63) is 52.5 Å². The van der Waals surface area contributed by atoms with Crippen LogP contribution in [0.4, 0.5) is 0 Å². The normalized spacial score (nSPS) is 10.5. The molecule has 128 valence electrons. The maximum Gasteiger partial charge on any atom is 0.339 e. The largest absolute Gasteiger partial charge is 0.484 e. The number of carboxylic acids is 1. The molecule has 0 unspecified atom stereocenters. The number of aryl methyl sites for hydroxylation is 3. The minimum Gasteiger partial charge on any atom is -0.484 e. The number of carbonyl (C=O) groups is 2. The molecule has 0 saturated heterocycles. The number of hydrogen-bond donors (Lipinski definition) is 1. The van der Waals surface area contributed by atoms with Gasteiger partial charge in [-0.1, -0.05) is 6.07 Å². The van der Waals surface area contributed by atoms with Gasteiger partial charge in [0.2, 0.25) is 0 Å². The molecule has 0 fully saturated rings. The molecule has 1 aromatic heterocycles. The molecule has 0 radical (unpaired) electrons. The molecule has 0 aliphatic heterocycles. The topological polar surface area (TPSA) is 80.0 Å². The number of rotatable bonds is 6. The van der Waals surface area contributed by atoms with Crippen molar-refractivity contribution in [2.45, 2.75) is 27.3 Å². The van der Waals surface area contributed by atoms with Crippen LogP contribution in [0.1, 0.15) is 33.0 Å². The predicted molar refractivity (Wildman–Crippen MR) is 88.3 cm³/mol. The summed E-state index contributed by atoms with van der Waals surface area (Å²) in [6.45, 7) is 5.66. The summed E-state index contributed by atoms with van der Waals surface area (Å²) in [7, 11) is 1.62. The van der Waals surface area contributed by atoms with Crippen LogP contribution < -0.4 is 4.74 Å². The average molecular weight is 331 g/mol. The van der Waals surface area contributed by atoms with E-state index < -0.39 is 5.97 Å². The number of amides is 1. The summed E-state index contributed by atoms with van der Waals surface area (Å²) in [5.41, 5.74) is 2.37. The third-order valence-electron chi connectivity index (χ3n) is 3.86. The first-order valence-corrected chi connectivity index (χ1v) is 7.54. The minimum atomic E-state index is -1.05. The zero-order valence-electron chi connectivity index (χ0n) is 14.3. The molecule has 0 aliphatic rings. The van der Waals surface area contributed by atoms with Gasteiger partial charge in [-0.3, -0.25) is 4.79 Å². The lowest BCUT2D eigenvalue weighted by Crippen LogP contribution is -2.30. The summed E-state index contributed by atoms with van der Waals surface area (Å²) in [4.78, 5) is 24.6. The van der Waals surface area contributed by atoms with E-state index in [4.69, 9.17) is 14.3 Å². The number of carbonyl (C=O) groups excluding carboxylic acids is 1. The quantitative estimate of drug-likeness (QED) is 0.880. The third kappa shape index (κ3) is 4.16. The van der Waals surface area contributed by atoms with Gasteiger partial charge < -0.3 is 19.2 Å². The summed E-state index contributed by atoms with van der Waals surface area (Å²) in [6, 6.07) is 7.09. The Morgan fingerprint density at radius 2 is 1.88 bits per heavy atom. The molecule has 2 rings (SSSR count). The van der Waals surface area contributed by atoms with Crippen LogP contribution in [0.3, 0.4) is 0 Å². The molecule has 0 spiro atoms. The highest BCUT2D eigenvalue weighted by molar-refractivity contribution is 5.88. The summed E-state index contributed by atoms with van der Waals surface area (Å²) >= 11 is 0.